The smallest absolute Gasteiger partial charge is 0.207 e. The number of benzene rings is 1. The van der Waals surface area contributed by atoms with Crippen LogP contribution in [0.25, 0.3) is 0 Å². The topological polar surface area (TPSA) is 37.4 Å². The predicted molar refractivity (Wildman–Crippen MR) is 71.2 cm³/mol. The van der Waals surface area contributed by atoms with E-state index < -0.39 is 26.6 Å². The first-order valence-electron chi connectivity index (χ1n) is 5.97. The molecule has 1 aromatic carbocycles. The van der Waals surface area contributed by atoms with E-state index in [1.165, 1.54) is 4.31 Å². The Morgan fingerprint density at radius 3 is 2.63 bits per heavy atom. The molecule has 0 spiro atoms. The second kappa shape index (κ2) is 5.46. The third-order valence-electron chi connectivity index (χ3n) is 3.18. The van der Waals surface area contributed by atoms with Crippen molar-refractivity contribution in [2.24, 2.45) is 5.92 Å². The minimum absolute atomic E-state index is 0.0803. The molecule has 1 atom stereocenters. The highest BCUT2D eigenvalue weighted by Crippen LogP contribution is 2.31. The van der Waals surface area contributed by atoms with Crippen molar-refractivity contribution < 1.29 is 17.2 Å². The molecule has 1 heterocycles. The van der Waals surface area contributed by atoms with Crippen LogP contribution in [0.1, 0.15) is 19.8 Å². The van der Waals surface area contributed by atoms with Gasteiger partial charge in [0.05, 0.1) is 0 Å². The van der Waals surface area contributed by atoms with Crippen LogP contribution in [0.15, 0.2) is 21.5 Å². The SMILES string of the molecule is CC1CCCN(S(=O)(=O)c2c(F)cc(F)cc2Br)C1. The van der Waals surface area contributed by atoms with Crippen LogP contribution in [-0.4, -0.2) is 25.8 Å². The summed E-state index contributed by atoms with van der Waals surface area (Å²) in [7, 11) is -3.93. The summed E-state index contributed by atoms with van der Waals surface area (Å²) in [6.45, 7) is 2.69. The monoisotopic (exact) mass is 353 g/mol. The van der Waals surface area contributed by atoms with Gasteiger partial charge in [0, 0.05) is 23.6 Å². The lowest BCUT2D eigenvalue weighted by Gasteiger charge is -2.30. The van der Waals surface area contributed by atoms with Gasteiger partial charge in [-0.3, -0.25) is 0 Å². The van der Waals surface area contributed by atoms with Gasteiger partial charge in [-0.1, -0.05) is 6.92 Å². The van der Waals surface area contributed by atoms with Crippen molar-refractivity contribution in [3.05, 3.63) is 28.2 Å². The molecular formula is C12H14BrF2NO2S. The summed E-state index contributed by atoms with van der Waals surface area (Å²) in [4.78, 5) is -0.483. The molecule has 19 heavy (non-hydrogen) atoms. The van der Waals surface area contributed by atoms with Crippen LogP contribution < -0.4 is 0 Å². The first kappa shape index (κ1) is 14.9. The van der Waals surface area contributed by atoms with E-state index in [1.807, 2.05) is 6.92 Å². The molecule has 7 heteroatoms. The first-order valence-corrected chi connectivity index (χ1v) is 8.20. The van der Waals surface area contributed by atoms with Crippen LogP contribution in [0.5, 0.6) is 0 Å². The number of hydrogen-bond acceptors (Lipinski definition) is 2. The molecule has 0 bridgehead atoms. The zero-order chi connectivity index (χ0) is 14.2. The molecule has 0 aliphatic carbocycles. The summed E-state index contributed by atoms with van der Waals surface area (Å²) in [5, 5.41) is 0. The quantitative estimate of drug-likeness (QED) is 0.818. The average molecular weight is 354 g/mol. The van der Waals surface area contributed by atoms with Gasteiger partial charge >= 0.3 is 0 Å². The van der Waals surface area contributed by atoms with Gasteiger partial charge in [-0.2, -0.15) is 4.31 Å². The standard InChI is InChI=1S/C12H14BrF2NO2S/c1-8-3-2-4-16(7-8)19(17,18)12-10(13)5-9(14)6-11(12)15/h5-6,8H,2-4,7H2,1H3. The molecule has 1 saturated heterocycles. The molecule has 3 nitrogen and oxygen atoms in total. The van der Waals surface area contributed by atoms with Crippen LogP contribution >= 0.6 is 15.9 Å². The van der Waals surface area contributed by atoms with Crippen molar-refractivity contribution in [1.82, 2.24) is 4.31 Å². The maximum absolute atomic E-state index is 13.8. The van der Waals surface area contributed by atoms with Gasteiger partial charge in [0.15, 0.2) is 0 Å². The first-order chi connectivity index (χ1) is 8.82. The molecule has 0 radical (unpaired) electrons. The van der Waals surface area contributed by atoms with Gasteiger partial charge < -0.3 is 0 Å². The Hall–Kier alpha value is -0.530. The zero-order valence-electron chi connectivity index (χ0n) is 10.4. The number of rotatable bonds is 2. The van der Waals surface area contributed by atoms with Gasteiger partial charge in [-0.05, 0) is 40.8 Å². The number of nitrogens with zero attached hydrogens (tertiary/aromatic N) is 1. The molecule has 1 aliphatic heterocycles. The van der Waals surface area contributed by atoms with E-state index >= 15 is 0 Å². The van der Waals surface area contributed by atoms with E-state index in [-0.39, 0.29) is 10.4 Å². The van der Waals surface area contributed by atoms with E-state index in [0.29, 0.717) is 19.2 Å². The van der Waals surface area contributed by atoms with Crippen LogP contribution in [-0.2, 0) is 10.0 Å². The largest absolute Gasteiger partial charge is 0.247 e. The highest BCUT2D eigenvalue weighted by Gasteiger charge is 2.32. The second-order valence-corrected chi connectivity index (χ2v) is 7.54. The summed E-state index contributed by atoms with van der Waals surface area (Å²) in [6.07, 6.45) is 1.71. The van der Waals surface area contributed by atoms with Gasteiger partial charge in [-0.15, -0.1) is 0 Å². The van der Waals surface area contributed by atoms with Crippen molar-refractivity contribution >= 4 is 26.0 Å². The van der Waals surface area contributed by atoms with Crippen molar-refractivity contribution in [3.8, 4) is 0 Å². The average Bonchev–Trinajstić information content (AvgIpc) is 2.26. The fourth-order valence-electron chi connectivity index (χ4n) is 2.27. The molecule has 106 valence electrons. The van der Waals surface area contributed by atoms with Crippen LogP contribution in [0.3, 0.4) is 0 Å². The number of halogens is 3. The molecule has 0 aromatic heterocycles. The molecule has 0 N–H and O–H groups in total. The Balaban J connectivity index is 2.45. The molecule has 0 amide bonds. The normalized spacial score (nSPS) is 21.6. The lowest BCUT2D eigenvalue weighted by molar-refractivity contribution is 0.280. The maximum atomic E-state index is 13.8. The maximum Gasteiger partial charge on any atom is 0.247 e. The van der Waals surface area contributed by atoms with Gasteiger partial charge in [0.2, 0.25) is 10.0 Å². The van der Waals surface area contributed by atoms with Crippen molar-refractivity contribution in [2.45, 2.75) is 24.7 Å². The third-order valence-corrected chi connectivity index (χ3v) is 6.01. The molecule has 0 saturated carbocycles. The predicted octanol–water partition coefficient (Wildman–Crippen LogP) is 3.15. The van der Waals surface area contributed by atoms with Crippen molar-refractivity contribution in [3.63, 3.8) is 0 Å². The Morgan fingerprint density at radius 2 is 2.05 bits per heavy atom. The van der Waals surface area contributed by atoms with Crippen molar-refractivity contribution in [2.75, 3.05) is 13.1 Å². The van der Waals surface area contributed by atoms with Gasteiger partial charge in [0.25, 0.3) is 0 Å². The summed E-state index contributed by atoms with van der Waals surface area (Å²) in [5.74, 6) is -1.63. The Morgan fingerprint density at radius 1 is 1.37 bits per heavy atom. The summed E-state index contributed by atoms with van der Waals surface area (Å²) in [6, 6.07) is 1.55. The molecule has 1 unspecified atom stereocenters. The molecule has 2 rings (SSSR count). The zero-order valence-corrected chi connectivity index (χ0v) is 12.8. The van der Waals surface area contributed by atoms with Gasteiger partial charge in [-0.25, -0.2) is 17.2 Å². The van der Waals surface area contributed by atoms with Gasteiger partial charge in [0.1, 0.15) is 16.5 Å². The van der Waals surface area contributed by atoms with E-state index in [1.54, 1.807) is 0 Å². The Labute approximate surface area is 119 Å². The highest BCUT2D eigenvalue weighted by atomic mass is 79.9. The molecule has 1 fully saturated rings. The van der Waals surface area contributed by atoms with E-state index in [2.05, 4.69) is 15.9 Å². The number of hydrogen-bond donors (Lipinski definition) is 0. The Kier molecular flexibility index (Phi) is 4.27. The summed E-state index contributed by atoms with van der Waals surface area (Å²) >= 11 is 2.93. The van der Waals surface area contributed by atoms with E-state index in [9.17, 15) is 17.2 Å². The second-order valence-electron chi connectivity index (χ2n) is 4.81. The fraction of sp³-hybridized carbons (Fsp3) is 0.500. The fourth-order valence-corrected chi connectivity index (χ4v) is 4.98. The minimum Gasteiger partial charge on any atom is -0.207 e. The number of piperidine rings is 1. The van der Waals surface area contributed by atoms with E-state index in [4.69, 9.17) is 0 Å². The lowest BCUT2D eigenvalue weighted by atomic mass is 10.0. The van der Waals surface area contributed by atoms with Crippen LogP contribution in [0.4, 0.5) is 8.78 Å². The molecular weight excluding hydrogens is 340 g/mol. The lowest BCUT2D eigenvalue weighted by Crippen LogP contribution is -2.39. The summed E-state index contributed by atoms with van der Waals surface area (Å²) < 4.78 is 52.8. The van der Waals surface area contributed by atoms with E-state index in [0.717, 1.165) is 18.9 Å². The number of sulfonamides is 1. The third kappa shape index (κ3) is 2.98. The van der Waals surface area contributed by atoms with Crippen molar-refractivity contribution in [1.29, 1.82) is 0 Å². The van der Waals surface area contributed by atoms with Crippen LogP contribution in [0.2, 0.25) is 0 Å². The Bertz CT molecular complexity index is 568. The molecule has 1 aliphatic rings. The molecule has 1 aromatic rings. The van der Waals surface area contributed by atoms with Crippen LogP contribution in [0, 0.1) is 17.6 Å². The summed E-state index contributed by atoms with van der Waals surface area (Å²) in [5.41, 5.74) is 0. The minimum atomic E-state index is -3.93. The highest BCUT2D eigenvalue weighted by molar-refractivity contribution is 9.10.